The predicted octanol–water partition coefficient (Wildman–Crippen LogP) is 28.1. The van der Waals surface area contributed by atoms with Crippen LogP contribution in [0.5, 0.6) is 0 Å². The molecule has 0 N–H and O–H groups in total. The van der Waals surface area contributed by atoms with Gasteiger partial charge >= 0.3 is 0 Å². The molecule has 0 amide bonds. The quantitative estimate of drug-likeness (QED) is 0.0495. The highest BCUT2D eigenvalue weighted by atomic mass is 127. The maximum absolute atomic E-state index is 11.7. The number of hydrogen-bond acceptors (Lipinski definition) is 18. The topological polar surface area (TPSA) is 273 Å². The third kappa shape index (κ3) is 17.3. The maximum atomic E-state index is 11.7. The molecule has 0 radical (unpaired) electrons. The molecule has 27 heteroatoms. The molecular weight excluding hydrogens is 2020 g/mol. The van der Waals surface area contributed by atoms with Crippen molar-refractivity contribution in [1.29, 1.82) is 0 Å². The highest BCUT2D eigenvalue weighted by Gasteiger charge is 2.37. The molecule has 0 bridgehead atoms. The van der Waals surface area contributed by atoms with Gasteiger partial charge in [0.25, 0.3) is 5.69 Å². The van der Waals surface area contributed by atoms with Crippen molar-refractivity contribution >= 4 is 84.4 Å². The Kier molecular flexibility index (Phi) is 23.5. The van der Waals surface area contributed by atoms with E-state index in [4.69, 9.17) is 58.6 Å². The van der Waals surface area contributed by atoms with Gasteiger partial charge in [-0.05, 0) is 302 Å². The maximum Gasteiger partial charge on any atom is 0.278 e. The van der Waals surface area contributed by atoms with Crippen molar-refractivity contribution in [2.75, 3.05) is 0 Å². The smallest absolute Gasteiger partial charge is 0.278 e. The summed E-state index contributed by atoms with van der Waals surface area (Å²) in [6.07, 6.45) is 32.0. The average molecular weight is 2110 g/mol. The minimum atomic E-state index is -0.344. The molecule has 30 rings (SSSR count). The number of nitrogens with zero attached hydrogens (tertiary/aromatic N) is 17. The summed E-state index contributed by atoms with van der Waals surface area (Å²) < 4.78 is 41.0. The van der Waals surface area contributed by atoms with Crippen LogP contribution in [0, 0.1) is 13.7 Å². The second-order valence-electron chi connectivity index (χ2n) is 37.9. The van der Waals surface area contributed by atoms with Gasteiger partial charge in [0.15, 0.2) is 28.8 Å². The minimum Gasteiger partial charge on any atom is -0.463 e. The Morgan fingerprint density at radius 3 is 0.904 bits per heavy atom. The number of aromatic nitrogens is 11. The van der Waals surface area contributed by atoms with Crippen LogP contribution in [0.15, 0.2) is 388 Å². The van der Waals surface area contributed by atoms with E-state index >= 15 is 0 Å². The Balaban J connectivity index is 0.0000000928. The van der Waals surface area contributed by atoms with Crippen molar-refractivity contribution in [1.82, 2.24) is 52.7 Å². The Labute approximate surface area is 866 Å². The summed E-state index contributed by atoms with van der Waals surface area (Å²) in [5.74, 6) is 7.03. The van der Waals surface area contributed by atoms with Crippen LogP contribution < -0.4 is 0 Å². The molecule has 0 spiro atoms. The van der Waals surface area contributed by atoms with Crippen molar-refractivity contribution in [3.8, 4) is 85.7 Å². The van der Waals surface area contributed by atoms with Crippen LogP contribution in [0.4, 0.5) is 5.69 Å². The zero-order valence-electron chi connectivity index (χ0n) is 78.8. The van der Waals surface area contributed by atoms with Crippen LogP contribution in [0.2, 0.25) is 5.02 Å². The number of furan rings is 5. The number of nitro benzene ring substituents is 1. The lowest BCUT2D eigenvalue weighted by molar-refractivity contribution is -0.385. The summed E-state index contributed by atoms with van der Waals surface area (Å²) in [6, 6.07) is 90.0. The summed E-state index contributed by atoms with van der Waals surface area (Å²) in [5, 5.41) is 12.5. The zero-order valence-corrected chi connectivity index (χ0v) is 83.3. The number of pyridine rings is 1. The van der Waals surface area contributed by atoms with Crippen molar-refractivity contribution in [3.63, 3.8) is 0 Å². The van der Waals surface area contributed by atoms with Crippen LogP contribution in [0.25, 0.3) is 85.7 Å². The molecule has 11 aromatic heterocycles. The summed E-state index contributed by atoms with van der Waals surface area (Å²) in [6.45, 7) is 2.47. The molecule has 0 atom stereocenters. The largest absolute Gasteiger partial charge is 0.463 e. The number of halogens is 3. The van der Waals surface area contributed by atoms with Gasteiger partial charge in [-0.25, -0.2) is 24.9 Å². The molecular formula is C119H90BrClIN17O7. The summed E-state index contributed by atoms with van der Waals surface area (Å²) in [7, 11) is 0. The van der Waals surface area contributed by atoms with Gasteiger partial charge < -0.3 is 22.1 Å². The van der Waals surface area contributed by atoms with Crippen molar-refractivity contribution in [2.24, 2.45) is 25.0 Å². The molecule has 714 valence electrons. The second-order valence-corrected chi connectivity index (χ2v) is 40.4. The monoisotopic (exact) mass is 2110 g/mol. The highest BCUT2D eigenvalue weighted by Crippen LogP contribution is 2.49. The molecule has 5 aliphatic carbocycles. The molecule has 24 nitrogen and oxygen atoms in total. The van der Waals surface area contributed by atoms with E-state index in [2.05, 4.69) is 220 Å². The lowest BCUT2D eigenvalue weighted by atomic mass is 9.96. The summed E-state index contributed by atoms with van der Waals surface area (Å²) in [4.78, 5) is 64.3. The standard InChI is InChI=1S/C24H18BrN3O.C24H18ClN3O.C24H18IN3O.C24H18N4O3.C23H18N4O/c3*25-19-5-2-1-4-17(19)23-18-12-16(15-7-8-15)9-10-20(18)28-14-27-24(21(28)13-26-23)22-6-3-11-29-22;29-28(30)20-5-2-1-4-17(20)23-18-12-16(15-7-8-15)9-10-19(18)27-14-26-24(21(27)13-25-23)22-6-3-11-31-22;1-2-10-24-18(4-1)22-17-12-16(15-6-7-15)8-9-19(17)27-14-26-23(20(27)13-25-22)21-5-3-11-28-21/h3*1-6,9-12,14-15H,7-8,13H2;1-6,9-12,14-15H,7-8,13H2;1-5,8-12,14-15H,6-7,13H2. The van der Waals surface area contributed by atoms with Gasteiger partial charge in [-0.15, -0.1) is 0 Å². The summed E-state index contributed by atoms with van der Waals surface area (Å²) >= 11 is 12.7. The Morgan fingerprint density at radius 2 is 0.589 bits per heavy atom. The molecule has 0 unspecified atom stereocenters. The number of aliphatic imine (C=N–C) groups is 5. The molecule has 10 aliphatic rings. The van der Waals surface area contributed by atoms with E-state index in [1.165, 1.54) is 113 Å². The van der Waals surface area contributed by atoms with Gasteiger partial charge in [-0.1, -0.05) is 131 Å². The first-order valence-corrected chi connectivity index (χ1v) is 51.6. The van der Waals surface area contributed by atoms with Gasteiger partial charge in [0.1, 0.15) is 60.1 Å². The van der Waals surface area contributed by atoms with Crippen LogP contribution in [-0.2, 0) is 32.7 Å². The third-order valence-corrected chi connectivity index (χ3v) is 30.6. The molecule has 146 heavy (non-hydrogen) atoms. The number of hydrogen-bond donors (Lipinski definition) is 0. The number of imidazole rings is 5. The SMILES string of the molecule is Brc1ccccc1C1=NCc2c(-c3ccco3)ncn2-c2ccc(C3CC3)cc21.Clc1ccccc1C1=NCc2c(-c3ccco3)ncn2-c2ccc(C3CC3)cc21.Ic1ccccc1C1=NCc2c(-c3ccco3)ncn2-c2ccc(C3CC3)cc21.O=[N+]([O-])c1ccccc1C1=NCc2c(-c3ccco3)ncn2-c2ccc(C3CC3)cc21.c1ccc(C2=NCc3c(-c4ccco4)ncn3-c3ccc(C4CC4)cc32)nc1. The second kappa shape index (κ2) is 38.2. The average Bonchev–Trinajstić information content (AvgIpc) is 1.62. The Bertz CT molecular complexity index is 8120. The zero-order chi connectivity index (χ0) is 97.6. The summed E-state index contributed by atoms with van der Waals surface area (Å²) in [5.41, 5.74) is 36.1. The third-order valence-electron chi connectivity index (χ3n) is 28.6. The normalized spacial score (nSPS) is 15.3. The Morgan fingerprint density at radius 1 is 0.301 bits per heavy atom. The lowest BCUT2D eigenvalue weighted by Gasteiger charge is -2.14. The van der Waals surface area contributed by atoms with Gasteiger partial charge in [-0.2, -0.15) is 0 Å². The molecule has 20 aromatic rings. The van der Waals surface area contributed by atoms with Crippen LogP contribution in [-0.4, -0.2) is 86.2 Å². The Hall–Kier alpha value is -16.2. The highest BCUT2D eigenvalue weighted by molar-refractivity contribution is 14.1. The lowest BCUT2D eigenvalue weighted by Crippen LogP contribution is -2.10. The van der Waals surface area contributed by atoms with E-state index in [0.717, 1.165) is 175 Å². The van der Waals surface area contributed by atoms with E-state index in [1.54, 1.807) is 49.8 Å². The van der Waals surface area contributed by atoms with Gasteiger partial charge in [0.05, 0.1) is 166 Å². The number of nitro groups is 1. The molecule has 9 aromatic carbocycles. The fourth-order valence-electron chi connectivity index (χ4n) is 20.5. The van der Waals surface area contributed by atoms with E-state index in [9.17, 15) is 10.1 Å². The van der Waals surface area contributed by atoms with E-state index in [0.29, 0.717) is 84.4 Å². The van der Waals surface area contributed by atoms with Crippen molar-refractivity contribution < 1.29 is 27.0 Å². The number of benzene rings is 9. The molecule has 5 aliphatic heterocycles. The van der Waals surface area contributed by atoms with E-state index in [1.807, 2.05) is 151 Å². The molecule has 5 saturated carbocycles. The fourth-order valence-corrected chi connectivity index (χ4v) is 21.8. The minimum absolute atomic E-state index is 0.0555. The van der Waals surface area contributed by atoms with Gasteiger partial charge in [-0.3, -0.25) is 62.9 Å². The fraction of sp³-hybridized carbons (Fsp3) is 0.168. The van der Waals surface area contributed by atoms with Crippen molar-refractivity contribution in [3.05, 3.63) is 471 Å². The number of para-hydroxylation sites is 1. The first kappa shape index (κ1) is 89.9. The van der Waals surface area contributed by atoms with Gasteiger partial charge in [0.2, 0.25) is 0 Å². The van der Waals surface area contributed by atoms with Crippen molar-refractivity contribution in [2.45, 2.75) is 127 Å². The first-order valence-electron chi connectivity index (χ1n) is 49.3. The number of fused-ring (bicyclic) bond motifs is 15. The van der Waals surface area contributed by atoms with Crippen LogP contribution in [0.3, 0.4) is 0 Å². The number of rotatable bonds is 16. The first-order chi connectivity index (χ1) is 72.0. The van der Waals surface area contributed by atoms with E-state index < -0.39 is 0 Å². The predicted molar refractivity (Wildman–Crippen MR) is 575 cm³/mol. The molecule has 5 fully saturated rings. The van der Waals surface area contributed by atoms with Crippen LogP contribution >= 0.6 is 50.1 Å². The van der Waals surface area contributed by atoms with E-state index in [-0.39, 0.29) is 10.6 Å². The molecule has 0 saturated heterocycles. The molecule has 16 heterocycles. The van der Waals surface area contributed by atoms with Gasteiger partial charge in [0, 0.05) is 69.8 Å². The van der Waals surface area contributed by atoms with Crippen LogP contribution in [0.1, 0.15) is 206 Å².